The fourth-order valence-electron chi connectivity index (χ4n) is 2.12. The Bertz CT molecular complexity index is 738. The topological polar surface area (TPSA) is 60.2 Å². The molecule has 0 spiro atoms. The van der Waals surface area contributed by atoms with Crippen molar-refractivity contribution in [1.82, 2.24) is 0 Å². The Labute approximate surface area is 107 Å². The molecular weight excluding hydrogens is 302 g/mol. The number of anilines is 1. The summed E-state index contributed by atoms with van der Waals surface area (Å²) < 4.78 is 25.4. The minimum atomic E-state index is -3.47. The first-order valence-corrected chi connectivity index (χ1v) is 7.23. The SMILES string of the molecule is Nc1cccc2c1S(=O)(=O)c1cc(Br)ccc1-2. The number of fused-ring (bicyclic) bond motifs is 3. The first-order chi connectivity index (χ1) is 8.01. The van der Waals surface area contributed by atoms with Crippen LogP contribution in [0, 0.1) is 0 Å². The molecule has 5 heteroatoms. The summed E-state index contributed by atoms with van der Waals surface area (Å²) >= 11 is 3.28. The molecule has 2 N–H and O–H groups in total. The van der Waals surface area contributed by atoms with Crippen LogP contribution in [0.15, 0.2) is 50.7 Å². The highest BCUT2D eigenvalue weighted by Crippen LogP contribution is 2.46. The third kappa shape index (κ3) is 1.36. The van der Waals surface area contributed by atoms with Crippen LogP contribution in [0.4, 0.5) is 5.69 Å². The molecule has 0 saturated carbocycles. The number of nitrogen functional groups attached to an aromatic ring is 1. The van der Waals surface area contributed by atoms with Gasteiger partial charge in [-0.1, -0.05) is 34.1 Å². The van der Waals surface area contributed by atoms with Gasteiger partial charge in [-0.2, -0.15) is 0 Å². The van der Waals surface area contributed by atoms with Crippen molar-refractivity contribution in [2.45, 2.75) is 9.79 Å². The molecule has 0 aromatic heterocycles. The molecule has 3 rings (SSSR count). The standard InChI is InChI=1S/C12H8BrNO2S/c13-7-4-5-8-9-2-1-3-10(14)12(9)17(15,16)11(8)6-7/h1-6H,14H2. The minimum absolute atomic E-state index is 0.230. The van der Waals surface area contributed by atoms with E-state index in [0.29, 0.717) is 16.1 Å². The average molecular weight is 310 g/mol. The van der Waals surface area contributed by atoms with Gasteiger partial charge < -0.3 is 5.73 Å². The smallest absolute Gasteiger partial charge is 0.209 e. The van der Waals surface area contributed by atoms with Gasteiger partial charge in [0.05, 0.1) is 10.6 Å². The second-order valence-corrected chi connectivity index (χ2v) is 6.64. The third-order valence-electron chi connectivity index (χ3n) is 2.84. The Hall–Kier alpha value is -1.33. The minimum Gasteiger partial charge on any atom is -0.398 e. The van der Waals surface area contributed by atoms with Crippen LogP contribution in [0.25, 0.3) is 11.1 Å². The fourth-order valence-corrected chi connectivity index (χ4v) is 4.45. The van der Waals surface area contributed by atoms with E-state index in [1.54, 1.807) is 30.3 Å². The molecule has 0 fully saturated rings. The van der Waals surface area contributed by atoms with E-state index >= 15 is 0 Å². The first-order valence-electron chi connectivity index (χ1n) is 4.95. The number of halogens is 1. The molecule has 0 atom stereocenters. The summed E-state index contributed by atoms with van der Waals surface area (Å²) in [5.74, 6) is 0. The summed E-state index contributed by atoms with van der Waals surface area (Å²) in [5.41, 5.74) is 7.48. The largest absolute Gasteiger partial charge is 0.398 e. The van der Waals surface area contributed by atoms with Crippen LogP contribution in [0.5, 0.6) is 0 Å². The summed E-state index contributed by atoms with van der Waals surface area (Å²) in [6, 6.07) is 10.4. The van der Waals surface area contributed by atoms with Crippen LogP contribution >= 0.6 is 15.9 Å². The molecule has 1 aliphatic rings. The van der Waals surface area contributed by atoms with Crippen LogP contribution in [-0.4, -0.2) is 8.42 Å². The molecule has 2 aromatic carbocycles. The highest BCUT2D eigenvalue weighted by Gasteiger charge is 2.34. The van der Waals surface area contributed by atoms with Gasteiger partial charge in [0.1, 0.15) is 4.90 Å². The lowest BCUT2D eigenvalue weighted by molar-refractivity contribution is 0.599. The van der Waals surface area contributed by atoms with Crippen LogP contribution in [-0.2, 0) is 9.84 Å². The molecule has 0 amide bonds. The van der Waals surface area contributed by atoms with Crippen molar-refractivity contribution in [2.24, 2.45) is 0 Å². The van der Waals surface area contributed by atoms with Crippen molar-refractivity contribution >= 4 is 31.5 Å². The van der Waals surface area contributed by atoms with Crippen molar-refractivity contribution in [3.8, 4) is 11.1 Å². The number of rotatable bonds is 0. The zero-order valence-electron chi connectivity index (χ0n) is 8.64. The van der Waals surface area contributed by atoms with E-state index in [1.807, 2.05) is 6.07 Å². The van der Waals surface area contributed by atoms with Crippen LogP contribution < -0.4 is 5.73 Å². The van der Waals surface area contributed by atoms with E-state index in [1.165, 1.54) is 0 Å². The third-order valence-corrected chi connectivity index (χ3v) is 5.24. The van der Waals surface area contributed by atoms with E-state index in [2.05, 4.69) is 15.9 Å². The van der Waals surface area contributed by atoms with Crippen LogP contribution in [0.2, 0.25) is 0 Å². The number of hydrogen-bond acceptors (Lipinski definition) is 3. The Kier molecular flexibility index (Phi) is 2.12. The average Bonchev–Trinajstić information content (AvgIpc) is 2.49. The Morgan fingerprint density at radius 3 is 2.59 bits per heavy atom. The Morgan fingerprint density at radius 2 is 1.82 bits per heavy atom. The highest BCUT2D eigenvalue weighted by atomic mass is 79.9. The number of benzene rings is 2. The maximum Gasteiger partial charge on any atom is 0.209 e. The lowest BCUT2D eigenvalue weighted by Crippen LogP contribution is -2.00. The summed E-state index contributed by atoms with van der Waals surface area (Å²) in [6.07, 6.45) is 0. The van der Waals surface area contributed by atoms with E-state index in [4.69, 9.17) is 5.73 Å². The van der Waals surface area contributed by atoms with Gasteiger partial charge in [-0.15, -0.1) is 0 Å². The van der Waals surface area contributed by atoms with E-state index in [0.717, 1.165) is 10.0 Å². The Morgan fingerprint density at radius 1 is 1.06 bits per heavy atom. The summed E-state index contributed by atoms with van der Waals surface area (Å²) in [4.78, 5) is 0.549. The molecule has 0 bridgehead atoms. The molecule has 17 heavy (non-hydrogen) atoms. The predicted molar refractivity (Wildman–Crippen MR) is 69.4 cm³/mol. The summed E-state index contributed by atoms with van der Waals surface area (Å²) in [6.45, 7) is 0. The molecule has 2 aromatic rings. The first kappa shape index (κ1) is 10.8. The second kappa shape index (κ2) is 3.34. The quantitative estimate of drug-likeness (QED) is 0.650. The van der Waals surface area contributed by atoms with Crippen molar-refractivity contribution in [3.05, 3.63) is 40.9 Å². The van der Waals surface area contributed by atoms with Gasteiger partial charge in [0.25, 0.3) is 0 Å². The molecule has 0 radical (unpaired) electrons. The van der Waals surface area contributed by atoms with Crippen molar-refractivity contribution in [3.63, 3.8) is 0 Å². The summed E-state index contributed by atoms with van der Waals surface area (Å²) in [7, 11) is -3.47. The van der Waals surface area contributed by atoms with Gasteiger partial charge >= 0.3 is 0 Å². The number of sulfone groups is 1. The lowest BCUT2D eigenvalue weighted by Gasteiger charge is -2.01. The zero-order chi connectivity index (χ0) is 12.2. The molecular formula is C12H8BrNO2S. The maximum atomic E-state index is 12.3. The van der Waals surface area contributed by atoms with Crippen molar-refractivity contribution in [1.29, 1.82) is 0 Å². The van der Waals surface area contributed by atoms with Crippen molar-refractivity contribution < 1.29 is 8.42 Å². The lowest BCUT2D eigenvalue weighted by atomic mass is 10.1. The monoisotopic (exact) mass is 309 g/mol. The van der Waals surface area contributed by atoms with Crippen molar-refractivity contribution in [2.75, 3.05) is 5.73 Å². The van der Waals surface area contributed by atoms with Gasteiger partial charge in [-0.25, -0.2) is 8.42 Å². The molecule has 0 aliphatic carbocycles. The van der Waals surface area contributed by atoms with E-state index in [9.17, 15) is 8.42 Å². The maximum absolute atomic E-state index is 12.3. The highest BCUT2D eigenvalue weighted by molar-refractivity contribution is 9.10. The van der Waals surface area contributed by atoms with Gasteiger partial charge in [-0.05, 0) is 18.2 Å². The molecule has 1 aliphatic heterocycles. The van der Waals surface area contributed by atoms with Crippen LogP contribution in [0.3, 0.4) is 0 Å². The Balaban J connectivity index is 2.51. The van der Waals surface area contributed by atoms with Gasteiger partial charge in [-0.3, -0.25) is 0 Å². The molecule has 86 valence electrons. The summed E-state index contributed by atoms with van der Waals surface area (Å²) in [5, 5.41) is 0. The zero-order valence-corrected chi connectivity index (χ0v) is 11.0. The van der Waals surface area contributed by atoms with Gasteiger partial charge in [0.15, 0.2) is 0 Å². The second-order valence-electron chi connectivity index (χ2n) is 3.87. The van der Waals surface area contributed by atoms with E-state index in [-0.39, 0.29) is 4.90 Å². The van der Waals surface area contributed by atoms with Crippen LogP contribution in [0.1, 0.15) is 0 Å². The normalized spacial score (nSPS) is 15.4. The molecule has 0 unspecified atom stereocenters. The van der Waals surface area contributed by atoms with Gasteiger partial charge in [0, 0.05) is 15.6 Å². The van der Waals surface area contributed by atoms with Gasteiger partial charge in [0.2, 0.25) is 9.84 Å². The number of nitrogens with two attached hydrogens (primary N) is 1. The molecule has 3 nitrogen and oxygen atoms in total. The number of hydrogen-bond donors (Lipinski definition) is 1. The molecule has 0 saturated heterocycles. The fraction of sp³-hybridized carbons (Fsp3) is 0. The predicted octanol–water partition coefficient (Wildman–Crippen LogP) is 2.84. The molecule has 1 heterocycles. The van der Waals surface area contributed by atoms with E-state index < -0.39 is 9.84 Å².